The minimum Gasteiger partial charge on any atom is -0.397 e. The van der Waals surface area contributed by atoms with E-state index in [9.17, 15) is 0 Å². The lowest BCUT2D eigenvalue weighted by molar-refractivity contribution is 0.590. The fourth-order valence-corrected chi connectivity index (χ4v) is 1.16. The fourth-order valence-electron chi connectivity index (χ4n) is 1.16. The van der Waals surface area contributed by atoms with Crippen LogP contribution in [-0.4, -0.2) is 0 Å². The van der Waals surface area contributed by atoms with Crippen LogP contribution in [0.3, 0.4) is 0 Å². The van der Waals surface area contributed by atoms with E-state index in [1.807, 2.05) is 18.2 Å². The minimum atomic E-state index is 0.126. The van der Waals surface area contributed by atoms with Crippen molar-refractivity contribution in [3.63, 3.8) is 0 Å². The van der Waals surface area contributed by atoms with Gasteiger partial charge in [0.05, 0.1) is 11.4 Å². The molecule has 0 fully saturated rings. The van der Waals surface area contributed by atoms with Gasteiger partial charge in [0, 0.05) is 0 Å². The van der Waals surface area contributed by atoms with Crippen LogP contribution in [0.4, 0.5) is 11.4 Å². The van der Waals surface area contributed by atoms with Crippen LogP contribution in [-0.2, 0) is 5.41 Å². The SMILES string of the molecule is CC(C)(C)c1ccc(NN)c(N)c1. The van der Waals surface area contributed by atoms with Gasteiger partial charge < -0.3 is 11.2 Å². The molecule has 3 heteroatoms. The zero-order valence-electron chi connectivity index (χ0n) is 8.39. The van der Waals surface area contributed by atoms with E-state index in [1.54, 1.807) is 0 Å². The predicted molar refractivity (Wildman–Crippen MR) is 57.4 cm³/mol. The van der Waals surface area contributed by atoms with Crippen molar-refractivity contribution in [1.82, 2.24) is 0 Å². The van der Waals surface area contributed by atoms with Crippen LogP contribution in [0.15, 0.2) is 18.2 Å². The van der Waals surface area contributed by atoms with Crippen molar-refractivity contribution in [2.24, 2.45) is 5.84 Å². The molecule has 0 atom stereocenters. The molecule has 0 saturated carbocycles. The third-order valence-electron chi connectivity index (χ3n) is 2.07. The van der Waals surface area contributed by atoms with Crippen LogP contribution < -0.4 is 17.0 Å². The van der Waals surface area contributed by atoms with Gasteiger partial charge in [-0.1, -0.05) is 26.8 Å². The average molecular weight is 179 g/mol. The van der Waals surface area contributed by atoms with Crippen LogP contribution in [0.1, 0.15) is 26.3 Å². The number of rotatable bonds is 1. The zero-order chi connectivity index (χ0) is 10.1. The van der Waals surface area contributed by atoms with Gasteiger partial charge in [-0.3, -0.25) is 5.84 Å². The third-order valence-corrected chi connectivity index (χ3v) is 2.07. The first-order chi connectivity index (χ1) is 5.95. The summed E-state index contributed by atoms with van der Waals surface area (Å²) in [6, 6.07) is 5.89. The molecule has 5 N–H and O–H groups in total. The first kappa shape index (κ1) is 9.86. The molecule has 13 heavy (non-hydrogen) atoms. The summed E-state index contributed by atoms with van der Waals surface area (Å²) in [6.07, 6.45) is 0. The fraction of sp³-hybridized carbons (Fsp3) is 0.400. The van der Waals surface area contributed by atoms with E-state index in [0.29, 0.717) is 5.69 Å². The number of anilines is 2. The summed E-state index contributed by atoms with van der Waals surface area (Å²) in [5.74, 6) is 5.28. The average Bonchev–Trinajstić information content (AvgIpc) is 2.02. The first-order valence-corrected chi connectivity index (χ1v) is 4.32. The lowest BCUT2D eigenvalue weighted by atomic mass is 9.87. The summed E-state index contributed by atoms with van der Waals surface area (Å²) in [5.41, 5.74) is 11.1. The Kier molecular flexibility index (Phi) is 2.48. The molecule has 1 aromatic rings. The molecular weight excluding hydrogens is 162 g/mol. The molecule has 1 aromatic carbocycles. The Labute approximate surface area is 79.1 Å². The lowest BCUT2D eigenvalue weighted by Crippen LogP contribution is -2.13. The van der Waals surface area contributed by atoms with E-state index in [1.165, 1.54) is 5.56 Å². The molecule has 0 bridgehead atoms. The number of nitrogen functional groups attached to an aromatic ring is 2. The van der Waals surface area contributed by atoms with Crippen molar-refractivity contribution in [3.8, 4) is 0 Å². The van der Waals surface area contributed by atoms with Gasteiger partial charge in [0.2, 0.25) is 0 Å². The highest BCUT2D eigenvalue weighted by Crippen LogP contribution is 2.27. The van der Waals surface area contributed by atoms with Crippen molar-refractivity contribution in [2.45, 2.75) is 26.2 Å². The highest BCUT2D eigenvalue weighted by molar-refractivity contribution is 5.66. The van der Waals surface area contributed by atoms with Crippen LogP contribution in [0.25, 0.3) is 0 Å². The zero-order valence-corrected chi connectivity index (χ0v) is 8.39. The molecule has 0 amide bonds. The molecular formula is C10H17N3. The monoisotopic (exact) mass is 179 g/mol. The predicted octanol–water partition coefficient (Wildman–Crippen LogP) is 1.85. The second-order valence-corrected chi connectivity index (χ2v) is 4.20. The summed E-state index contributed by atoms with van der Waals surface area (Å²) in [7, 11) is 0. The van der Waals surface area contributed by atoms with Crippen LogP contribution in [0.2, 0.25) is 0 Å². The van der Waals surface area contributed by atoms with E-state index in [-0.39, 0.29) is 5.41 Å². The van der Waals surface area contributed by atoms with Gasteiger partial charge in [-0.25, -0.2) is 0 Å². The van der Waals surface area contributed by atoms with E-state index in [0.717, 1.165) is 5.69 Å². The summed E-state index contributed by atoms with van der Waals surface area (Å²) in [4.78, 5) is 0. The largest absolute Gasteiger partial charge is 0.397 e. The molecule has 1 rings (SSSR count). The van der Waals surface area contributed by atoms with Gasteiger partial charge in [0.25, 0.3) is 0 Å². The van der Waals surface area contributed by atoms with Crippen molar-refractivity contribution >= 4 is 11.4 Å². The van der Waals surface area contributed by atoms with E-state index in [2.05, 4.69) is 26.2 Å². The molecule has 72 valence electrons. The van der Waals surface area contributed by atoms with Crippen LogP contribution in [0.5, 0.6) is 0 Å². The quantitative estimate of drug-likeness (QED) is 0.350. The number of nitrogens with two attached hydrogens (primary N) is 2. The molecule has 3 nitrogen and oxygen atoms in total. The second-order valence-electron chi connectivity index (χ2n) is 4.20. The summed E-state index contributed by atoms with van der Waals surface area (Å²) < 4.78 is 0. The molecule has 0 aromatic heterocycles. The van der Waals surface area contributed by atoms with Gasteiger partial charge >= 0.3 is 0 Å². The van der Waals surface area contributed by atoms with E-state index >= 15 is 0 Å². The van der Waals surface area contributed by atoms with E-state index < -0.39 is 0 Å². The summed E-state index contributed by atoms with van der Waals surface area (Å²) in [6.45, 7) is 6.45. The maximum Gasteiger partial charge on any atom is 0.0716 e. The smallest absolute Gasteiger partial charge is 0.0716 e. The van der Waals surface area contributed by atoms with Crippen molar-refractivity contribution in [3.05, 3.63) is 23.8 Å². The Morgan fingerprint density at radius 3 is 2.23 bits per heavy atom. The molecule has 0 heterocycles. The normalized spacial score (nSPS) is 11.4. The molecule has 0 saturated heterocycles. The van der Waals surface area contributed by atoms with Gasteiger partial charge in [0.15, 0.2) is 0 Å². The number of hydrogen-bond donors (Lipinski definition) is 3. The Morgan fingerprint density at radius 1 is 1.23 bits per heavy atom. The highest BCUT2D eigenvalue weighted by Gasteiger charge is 2.14. The standard InChI is InChI=1S/C10H17N3/c1-10(2,3)7-4-5-9(13-12)8(11)6-7/h4-6,13H,11-12H2,1-3H3. The number of hydrogen-bond acceptors (Lipinski definition) is 3. The Bertz CT molecular complexity index is 300. The van der Waals surface area contributed by atoms with Crippen LogP contribution in [0, 0.1) is 0 Å². The summed E-state index contributed by atoms with van der Waals surface area (Å²) in [5, 5.41) is 0. The third kappa shape index (κ3) is 2.12. The topological polar surface area (TPSA) is 64.1 Å². The minimum absolute atomic E-state index is 0.126. The van der Waals surface area contributed by atoms with Gasteiger partial charge in [-0.15, -0.1) is 0 Å². The molecule has 0 unspecified atom stereocenters. The summed E-state index contributed by atoms with van der Waals surface area (Å²) >= 11 is 0. The lowest BCUT2D eigenvalue weighted by Gasteiger charge is -2.20. The molecule has 0 aliphatic heterocycles. The molecule has 0 radical (unpaired) electrons. The maximum atomic E-state index is 5.79. The Hall–Kier alpha value is -1.22. The first-order valence-electron chi connectivity index (χ1n) is 4.32. The van der Waals surface area contributed by atoms with E-state index in [4.69, 9.17) is 11.6 Å². The van der Waals surface area contributed by atoms with Gasteiger partial charge in [-0.2, -0.15) is 0 Å². The number of benzene rings is 1. The number of nitrogens with one attached hydrogen (secondary N) is 1. The van der Waals surface area contributed by atoms with Crippen LogP contribution >= 0.6 is 0 Å². The Balaban J connectivity index is 3.10. The second kappa shape index (κ2) is 3.26. The van der Waals surface area contributed by atoms with Gasteiger partial charge in [-0.05, 0) is 23.1 Å². The van der Waals surface area contributed by atoms with Crippen molar-refractivity contribution < 1.29 is 0 Å². The highest BCUT2D eigenvalue weighted by atomic mass is 15.2. The maximum absolute atomic E-state index is 5.79. The number of hydrazine groups is 1. The van der Waals surface area contributed by atoms with Gasteiger partial charge in [0.1, 0.15) is 0 Å². The molecule has 0 spiro atoms. The molecule has 0 aliphatic carbocycles. The molecule has 0 aliphatic rings. The Morgan fingerprint density at radius 2 is 1.85 bits per heavy atom. The van der Waals surface area contributed by atoms with Crippen molar-refractivity contribution in [1.29, 1.82) is 0 Å². The van der Waals surface area contributed by atoms with Crippen molar-refractivity contribution in [2.75, 3.05) is 11.2 Å².